The zero-order valence-corrected chi connectivity index (χ0v) is 17.1. The minimum atomic E-state index is -0.495. The lowest BCUT2D eigenvalue weighted by atomic mass is 9.84. The molecule has 3 aromatic rings. The lowest BCUT2D eigenvalue weighted by molar-refractivity contribution is -0.596. The fraction of sp³-hybridized carbons (Fsp3) is 0.200. The van der Waals surface area contributed by atoms with Crippen molar-refractivity contribution in [3.8, 4) is 22.3 Å². The fourth-order valence-corrected chi connectivity index (χ4v) is 4.06. The van der Waals surface area contributed by atoms with Crippen molar-refractivity contribution in [3.05, 3.63) is 84.4 Å². The summed E-state index contributed by atoms with van der Waals surface area (Å²) in [5.41, 5.74) is 11.5. The molecule has 3 aromatic carbocycles. The smallest absolute Gasteiger partial charge is 0.290 e. The second kappa shape index (κ2) is 7.21. The van der Waals surface area contributed by atoms with Gasteiger partial charge >= 0.3 is 5.96 Å². The van der Waals surface area contributed by atoms with Crippen LogP contribution < -0.4 is 5.73 Å². The number of guanidine groups is 1. The first kappa shape index (κ1) is 18.9. The normalized spacial score (nSPS) is 19.6. The van der Waals surface area contributed by atoms with Crippen molar-refractivity contribution < 1.29 is 9.37 Å². The lowest BCUT2D eigenvalue weighted by Gasteiger charge is -2.35. The Labute approximate surface area is 171 Å². The van der Waals surface area contributed by atoms with Gasteiger partial charge in [0.15, 0.2) is 0 Å². The Morgan fingerprint density at radius 2 is 1.48 bits per heavy atom. The first-order valence-corrected chi connectivity index (χ1v) is 9.80. The quantitative estimate of drug-likeness (QED) is 0.693. The average Bonchev–Trinajstić information content (AvgIpc) is 2.77. The number of rotatable bonds is 3. The van der Waals surface area contributed by atoms with E-state index in [1.165, 1.54) is 21.6 Å². The Bertz CT molecular complexity index is 1100. The summed E-state index contributed by atoms with van der Waals surface area (Å²) in [5.74, 6) is 0.497. The van der Waals surface area contributed by atoms with Gasteiger partial charge in [-0.2, -0.15) is 0 Å². The Hall–Kier alpha value is -3.40. The molecule has 0 radical (unpaired) electrons. The summed E-state index contributed by atoms with van der Waals surface area (Å²) in [4.78, 5) is 14.1. The Morgan fingerprint density at radius 3 is 2.17 bits per heavy atom. The molecule has 29 heavy (non-hydrogen) atoms. The first-order chi connectivity index (χ1) is 13.9. The van der Waals surface area contributed by atoms with Gasteiger partial charge < -0.3 is 0 Å². The van der Waals surface area contributed by atoms with E-state index in [9.17, 15) is 4.79 Å². The Balaban J connectivity index is 1.84. The molecule has 4 nitrogen and oxygen atoms in total. The van der Waals surface area contributed by atoms with E-state index in [1.54, 1.807) is 7.05 Å². The lowest BCUT2D eigenvalue weighted by Crippen LogP contribution is -2.56. The Kier molecular flexibility index (Phi) is 4.71. The monoisotopic (exact) mass is 384 g/mol. The minimum absolute atomic E-state index is 0.0261. The van der Waals surface area contributed by atoms with Gasteiger partial charge in [0, 0.05) is 0 Å². The van der Waals surface area contributed by atoms with Gasteiger partial charge in [-0.25, -0.2) is 4.90 Å². The SMILES string of the molecule is CN1C(=O)CC(C)(c2cccc(-c3ccccc3-c3ccccc3)c2)[N+](C)=C1N. The highest BCUT2D eigenvalue weighted by molar-refractivity contribution is 5.95. The number of nitrogens with two attached hydrogens (primary N) is 1. The van der Waals surface area contributed by atoms with Crippen LogP contribution in [-0.2, 0) is 10.3 Å². The summed E-state index contributed by atoms with van der Waals surface area (Å²) in [6.45, 7) is 2.08. The third kappa shape index (κ3) is 3.21. The standard InChI is InChI=1S/C25H25N3O/c1-25(17-23(29)27(2)24(26)28(25)3)20-13-9-12-19(16-20)22-15-8-7-14-21(22)18-10-5-4-6-11-18/h4-16,26H,17H2,1-3H3/p+1. The number of hydrogen-bond donors (Lipinski definition) is 1. The topological polar surface area (TPSA) is 49.3 Å². The molecule has 146 valence electrons. The molecule has 4 heteroatoms. The number of hydrogen-bond acceptors (Lipinski definition) is 2. The highest BCUT2D eigenvalue weighted by Crippen LogP contribution is 2.36. The van der Waals surface area contributed by atoms with Crippen LogP contribution in [0.15, 0.2) is 78.9 Å². The van der Waals surface area contributed by atoms with Crippen molar-refractivity contribution in [3.63, 3.8) is 0 Å². The number of nitrogens with zero attached hydrogens (tertiary/aromatic N) is 2. The molecule has 0 aromatic heterocycles. The van der Waals surface area contributed by atoms with Gasteiger partial charge in [-0.15, -0.1) is 0 Å². The van der Waals surface area contributed by atoms with Crippen LogP contribution in [0.5, 0.6) is 0 Å². The van der Waals surface area contributed by atoms with Crippen molar-refractivity contribution in [1.29, 1.82) is 0 Å². The van der Waals surface area contributed by atoms with E-state index in [2.05, 4.69) is 79.7 Å². The van der Waals surface area contributed by atoms with Crippen LogP contribution in [0.25, 0.3) is 22.3 Å². The second-order valence-electron chi connectivity index (χ2n) is 7.81. The third-order valence-electron chi connectivity index (χ3n) is 6.10. The highest BCUT2D eigenvalue weighted by Gasteiger charge is 2.43. The van der Waals surface area contributed by atoms with E-state index < -0.39 is 5.54 Å². The van der Waals surface area contributed by atoms with Crippen molar-refractivity contribution in [2.45, 2.75) is 18.9 Å². The minimum Gasteiger partial charge on any atom is -0.290 e. The molecule has 0 fully saturated rings. The summed E-state index contributed by atoms with van der Waals surface area (Å²) in [7, 11) is 3.67. The number of amides is 1. The molecule has 0 spiro atoms. The zero-order valence-electron chi connectivity index (χ0n) is 17.1. The van der Waals surface area contributed by atoms with Crippen LogP contribution in [0.3, 0.4) is 0 Å². The van der Waals surface area contributed by atoms with Crippen LogP contribution in [-0.4, -0.2) is 35.4 Å². The van der Waals surface area contributed by atoms with Crippen molar-refractivity contribution >= 4 is 11.9 Å². The van der Waals surface area contributed by atoms with E-state index >= 15 is 0 Å². The van der Waals surface area contributed by atoms with Gasteiger partial charge in [-0.3, -0.25) is 15.1 Å². The molecule has 2 N–H and O–H groups in total. The van der Waals surface area contributed by atoms with E-state index in [4.69, 9.17) is 5.73 Å². The van der Waals surface area contributed by atoms with Gasteiger partial charge in [-0.05, 0) is 40.8 Å². The number of carbonyl (C=O) groups excluding carboxylic acids is 1. The maximum absolute atomic E-state index is 12.5. The molecule has 4 rings (SSSR count). The van der Waals surface area contributed by atoms with Gasteiger partial charge in [0.1, 0.15) is 5.54 Å². The van der Waals surface area contributed by atoms with E-state index in [1.807, 2.05) is 17.7 Å². The van der Waals surface area contributed by atoms with E-state index in [0.29, 0.717) is 12.4 Å². The maximum Gasteiger partial charge on any atom is 0.353 e. The number of benzene rings is 3. The second-order valence-corrected chi connectivity index (χ2v) is 7.81. The predicted molar refractivity (Wildman–Crippen MR) is 117 cm³/mol. The van der Waals surface area contributed by atoms with E-state index in [-0.39, 0.29) is 5.91 Å². The van der Waals surface area contributed by atoms with Gasteiger partial charge in [0.2, 0.25) is 0 Å². The molecular formula is C25H26N3O+. The molecule has 0 aliphatic carbocycles. The molecule has 1 aliphatic heterocycles. The molecule has 1 atom stereocenters. The predicted octanol–water partition coefficient (Wildman–Crippen LogP) is 4.05. The summed E-state index contributed by atoms with van der Waals surface area (Å²) in [6, 6.07) is 27.3. The molecule has 1 aliphatic rings. The van der Waals surface area contributed by atoms with Crippen molar-refractivity contribution in [2.24, 2.45) is 5.73 Å². The molecule has 0 bridgehead atoms. The highest BCUT2D eigenvalue weighted by atomic mass is 16.2. The first-order valence-electron chi connectivity index (χ1n) is 9.80. The summed E-state index contributed by atoms with van der Waals surface area (Å²) >= 11 is 0. The zero-order chi connectivity index (χ0) is 20.6. The summed E-state index contributed by atoms with van der Waals surface area (Å²) in [5, 5.41) is 0. The van der Waals surface area contributed by atoms with Gasteiger partial charge in [0.25, 0.3) is 5.91 Å². The molecule has 0 saturated carbocycles. The fourth-order valence-electron chi connectivity index (χ4n) is 4.06. The maximum atomic E-state index is 12.5. The van der Waals surface area contributed by atoms with E-state index in [0.717, 1.165) is 11.1 Å². The molecule has 1 heterocycles. The summed E-state index contributed by atoms with van der Waals surface area (Å²) < 4.78 is 2.00. The van der Waals surface area contributed by atoms with Crippen molar-refractivity contribution in [1.82, 2.24) is 4.90 Å². The van der Waals surface area contributed by atoms with Gasteiger partial charge in [-0.1, -0.05) is 72.8 Å². The third-order valence-corrected chi connectivity index (χ3v) is 6.10. The van der Waals surface area contributed by atoms with Gasteiger partial charge in [0.05, 0.1) is 20.5 Å². The Morgan fingerprint density at radius 1 is 0.897 bits per heavy atom. The molecule has 0 saturated heterocycles. The van der Waals surface area contributed by atoms with Crippen LogP contribution in [0.4, 0.5) is 0 Å². The van der Waals surface area contributed by atoms with Crippen LogP contribution in [0.2, 0.25) is 0 Å². The summed E-state index contributed by atoms with van der Waals surface area (Å²) in [6.07, 6.45) is 0.379. The average molecular weight is 385 g/mol. The van der Waals surface area contributed by atoms with Crippen LogP contribution in [0, 0.1) is 0 Å². The number of carbonyl (C=O) groups is 1. The molecule has 1 unspecified atom stereocenters. The van der Waals surface area contributed by atoms with Crippen molar-refractivity contribution in [2.75, 3.05) is 14.1 Å². The molecule has 1 amide bonds. The van der Waals surface area contributed by atoms with Crippen LogP contribution in [0.1, 0.15) is 18.9 Å². The largest absolute Gasteiger partial charge is 0.353 e. The molecular weight excluding hydrogens is 358 g/mol. The van der Waals surface area contributed by atoms with Crippen LogP contribution >= 0.6 is 0 Å².